The number of nitrogens with zero attached hydrogens (tertiary/aromatic N) is 5. The standard InChI is InChI=1S/C24H24Cl2F2N6O3/c1-11-3-4-14(25)7-17(11)31-24(30-12(2)29)20-8-19(23(36)21(10-35)37-20)34-9-18(32-33-34)13-5-15(27)22(26)16(28)6-13/h3-7,9,19-21,23,35-36H,8,10H2,1-2H3,(H2,29,30,31). The Morgan fingerprint density at radius 2 is 1.95 bits per heavy atom. The predicted octanol–water partition coefficient (Wildman–Crippen LogP) is 4.00. The number of halogens is 4. The van der Waals surface area contributed by atoms with E-state index in [1.165, 1.54) is 10.9 Å². The molecule has 4 unspecified atom stereocenters. The molecular formula is C24H24Cl2F2N6O3. The minimum Gasteiger partial charge on any atom is -0.394 e. The lowest BCUT2D eigenvalue weighted by atomic mass is 9.95. The van der Waals surface area contributed by atoms with Crippen LogP contribution in [0.25, 0.3) is 11.3 Å². The number of aliphatic imine (C=N–C) groups is 2. The van der Waals surface area contributed by atoms with Gasteiger partial charge in [0.2, 0.25) is 0 Å². The van der Waals surface area contributed by atoms with Crippen LogP contribution in [0.5, 0.6) is 0 Å². The number of rotatable bonds is 5. The van der Waals surface area contributed by atoms with Gasteiger partial charge in [0.05, 0.1) is 30.4 Å². The zero-order chi connectivity index (χ0) is 26.9. The Morgan fingerprint density at radius 1 is 1.24 bits per heavy atom. The number of ether oxygens (including phenoxy) is 1. The molecule has 0 amide bonds. The summed E-state index contributed by atoms with van der Waals surface area (Å²) in [7, 11) is 0. The molecule has 0 saturated carbocycles. The van der Waals surface area contributed by atoms with Crippen LogP contribution in [-0.2, 0) is 4.74 Å². The maximum Gasteiger partial charge on any atom is 0.159 e. The van der Waals surface area contributed by atoms with Crippen molar-refractivity contribution in [3.8, 4) is 11.3 Å². The topological polar surface area (TPSA) is 131 Å². The molecule has 3 aromatic rings. The van der Waals surface area contributed by atoms with Gasteiger partial charge >= 0.3 is 0 Å². The van der Waals surface area contributed by atoms with Crippen molar-refractivity contribution in [1.29, 1.82) is 0 Å². The van der Waals surface area contributed by atoms with Crippen LogP contribution in [0, 0.1) is 18.6 Å². The Balaban J connectivity index is 1.71. The lowest BCUT2D eigenvalue weighted by Crippen LogP contribution is -2.50. The number of benzene rings is 2. The summed E-state index contributed by atoms with van der Waals surface area (Å²) in [5.41, 5.74) is 7.51. The highest BCUT2D eigenvalue weighted by Gasteiger charge is 2.41. The molecule has 37 heavy (non-hydrogen) atoms. The van der Waals surface area contributed by atoms with Crippen LogP contribution in [0.15, 0.2) is 46.5 Å². The molecule has 4 N–H and O–H groups in total. The van der Waals surface area contributed by atoms with Gasteiger partial charge in [0.25, 0.3) is 0 Å². The number of hydrogen-bond donors (Lipinski definition) is 3. The van der Waals surface area contributed by atoms with Crippen molar-refractivity contribution in [3.63, 3.8) is 0 Å². The first-order chi connectivity index (χ1) is 17.6. The fourth-order valence-corrected chi connectivity index (χ4v) is 4.26. The molecule has 0 radical (unpaired) electrons. The van der Waals surface area contributed by atoms with Crippen molar-refractivity contribution in [2.75, 3.05) is 6.61 Å². The van der Waals surface area contributed by atoms with Crippen LogP contribution in [0.1, 0.15) is 24.9 Å². The Labute approximate surface area is 221 Å². The highest BCUT2D eigenvalue weighted by molar-refractivity contribution is 6.31. The van der Waals surface area contributed by atoms with Crippen molar-refractivity contribution in [3.05, 3.63) is 63.8 Å². The normalized spacial score (nSPS) is 22.9. The molecule has 1 aliphatic heterocycles. The van der Waals surface area contributed by atoms with Gasteiger partial charge in [0, 0.05) is 17.0 Å². The molecule has 4 rings (SSSR count). The van der Waals surface area contributed by atoms with Crippen molar-refractivity contribution >= 4 is 40.6 Å². The Kier molecular flexibility index (Phi) is 8.20. The van der Waals surface area contributed by atoms with Crippen LogP contribution in [0.4, 0.5) is 14.5 Å². The Bertz CT molecular complexity index is 1340. The van der Waals surface area contributed by atoms with E-state index in [0.29, 0.717) is 10.7 Å². The summed E-state index contributed by atoms with van der Waals surface area (Å²) in [6, 6.07) is 6.54. The maximum absolute atomic E-state index is 14.0. The Hall–Kier alpha value is -2.96. The quantitative estimate of drug-likeness (QED) is 0.249. The van der Waals surface area contributed by atoms with Gasteiger partial charge in [-0.2, -0.15) is 0 Å². The molecule has 4 atom stereocenters. The van der Waals surface area contributed by atoms with Gasteiger partial charge in [0.15, 0.2) is 5.84 Å². The zero-order valence-electron chi connectivity index (χ0n) is 19.8. The number of aliphatic hydroxyl groups is 2. The minimum atomic E-state index is -1.19. The van der Waals surface area contributed by atoms with Crippen molar-refractivity contribution in [1.82, 2.24) is 15.0 Å². The third-order valence-electron chi connectivity index (χ3n) is 5.86. The number of amidine groups is 2. The summed E-state index contributed by atoms with van der Waals surface area (Å²) >= 11 is 11.7. The van der Waals surface area contributed by atoms with Gasteiger partial charge in [-0.3, -0.25) is 0 Å². The first-order valence-electron chi connectivity index (χ1n) is 11.2. The van der Waals surface area contributed by atoms with E-state index in [2.05, 4.69) is 20.3 Å². The highest BCUT2D eigenvalue weighted by Crippen LogP contribution is 2.33. The van der Waals surface area contributed by atoms with E-state index >= 15 is 0 Å². The molecule has 2 heterocycles. The van der Waals surface area contributed by atoms with E-state index < -0.39 is 47.6 Å². The van der Waals surface area contributed by atoms with Crippen LogP contribution < -0.4 is 5.73 Å². The lowest BCUT2D eigenvalue weighted by Gasteiger charge is -2.38. The number of aromatic nitrogens is 3. The van der Waals surface area contributed by atoms with Crippen LogP contribution in [0.2, 0.25) is 10.0 Å². The summed E-state index contributed by atoms with van der Waals surface area (Å²) in [5, 5.41) is 28.7. The third-order valence-corrected chi connectivity index (χ3v) is 6.46. The van der Waals surface area contributed by atoms with E-state index in [0.717, 1.165) is 17.7 Å². The predicted molar refractivity (Wildman–Crippen MR) is 136 cm³/mol. The van der Waals surface area contributed by atoms with Crippen molar-refractivity contribution < 1.29 is 23.7 Å². The summed E-state index contributed by atoms with van der Waals surface area (Å²) in [4.78, 5) is 8.96. The van der Waals surface area contributed by atoms with Crippen LogP contribution in [-0.4, -0.2) is 61.8 Å². The number of hydrogen-bond acceptors (Lipinski definition) is 6. The monoisotopic (exact) mass is 552 g/mol. The molecule has 1 fully saturated rings. The van der Waals surface area contributed by atoms with E-state index in [9.17, 15) is 19.0 Å². The fraction of sp³-hybridized carbons (Fsp3) is 0.333. The zero-order valence-corrected chi connectivity index (χ0v) is 21.3. The molecule has 13 heteroatoms. The summed E-state index contributed by atoms with van der Waals surface area (Å²) in [5.74, 6) is -1.45. The molecule has 0 bridgehead atoms. The fourth-order valence-electron chi connectivity index (χ4n) is 3.99. The average Bonchev–Trinajstić information content (AvgIpc) is 3.34. The molecule has 0 spiro atoms. The minimum absolute atomic E-state index is 0.115. The molecule has 1 aromatic heterocycles. The van der Waals surface area contributed by atoms with Crippen LogP contribution in [0.3, 0.4) is 0 Å². The van der Waals surface area contributed by atoms with E-state index in [1.807, 2.05) is 13.0 Å². The largest absolute Gasteiger partial charge is 0.394 e. The highest BCUT2D eigenvalue weighted by atomic mass is 35.5. The van der Waals surface area contributed by atoms with Gasteiger partial charge in [-0.05, 0) is 43.7 Å². The van der Waals surface area contributed by atoms with Gasteiger partial charge in [0.1, 0.15) is 40.7 Å². The SMILES string of the molecule is CC(N)=NC(=Nc1cc(Cl)ccc1C)C1CC(n2cc(-c3cc(F)c(Cl)c(F)c3)nn2)C(O)C(CO)O1. The lowest BCUT2D eigenvalue weighted by molar-refractivity contribution is -0.137. The first kappa shape index (κ1) is 27.1. The van der Waals surface area contributed by atoms with Gasteiger partial charge < -0.3 is 20.7 Å². The van der Waals surface area contributed by atoms with E-state index in [4.69, 9.17) is 33.7 Å². The maximum atomic E-state index is 14.0. The van der Waals surface area contributed by atoms with Crippen LogP contribution >= 0.6 is 23.2 Å². The second kappa shape index (κ2) is 11.2. The number of nitrogens with two attached hydrogens (primary N) is 1. The Morgan fingerprint density at radius 3 is 2.59 bits per heavy atom. The third kappa shape index (κ3) is 5.97. The molecule has 9 nitrogen and oxygen atoms in total. The molecule has 1 aliphatic rings. The second-order valence-corrected chi connectivity index (χ2v) is 9.45. The first-order valence-corrected chi connectivity index (χ1v) is 12.0. The van der Waals surface area contributed by atoms with Gasteiger partial charge in [-0.15, -0.1) is 5.10 Å². The number of aryl methyl sites for hydroxylation is 1. The molecular weight excluding hydrogens is 529 g/mol. The molecule has 1 saturated heterocycles. The van der Waals surface area contributed by atoms with Crippen molar-refractivity contribution in [2.45, 2.75) is 44.6 Å². The van der Waals surface area contributed by atoms with E-state index in [-0.39, 0.29) is 29.3 Å². The molecule has 196 valence electrons. The average molecular weight is 553 g/mol. The van der Waals surface area contributed by atoms with Gasteiger partial charge in [-0.1, -0.05) is 34.5 Å². The van der Waals surface area contributed by atoms with Gasteiger partial charge in [-0.25, -0.2) is 23.4 Å². The van der Waals surface area contributed by atoms with E-state index in [1.54, 1.807) is 19.1 Å². The molecule has 2 aromatic carbocycles. The summed E-state index contributed by atoms with van der Waals surface area (Å²) in [6.07, 6.45) is -1.45. The second-order valence-electron chi connectivity index (χ2n) is 8.63. The smallest absolute Gasteiger partial charge is 0.159 e. The summed E-state index contributed by atoms with van der Waals surface area (Å²) in [6.45, 7) is 2.95. The summed E-state index contributed by atoms with van der Waals surface area (Å²) < 4.78 is 35.2. The van der Waals surface area contributed by atoms with Crippen molar-refractivity contribution in [2.24, 2.45) is 15.7 Å². The number of aliphatic hydroxyl groups excluding tert-OH is 2. The molecule has 0 aliphatic carbocycles.